The van der Waals surface area contributed by atoms with E-state index in [2.05, 4.69) is 292 Å². The molecule has 0 fully saturated rings. The van der Waals surface area contributed by atoms with Gasteiger partial charge in [-0.3, -0.25) is 0 Å². The van der Waals surface area contributed by atoms with Crippen molar-refractivity contribution in [2.45, 2.75) is 27.7 Å². The summed E-state index contributed by atoms with van der Waals surface area (Å²) in [6.07, 6.45) is 0. The van der Waals surface area contributed by atoms with E-state index in [9.17, 15) is 0 Å². The topological polar surface area (TPSA) is 6.48 Å². The van der Waals surface area contributed by atoms with Gasteiger partial charge in [0.15, 0.2) is 0 Å². The quantitative estimate of drug-likeness (QED) is 0.120. The number of nitrogens with zero attached hydrogens (tertiary/aromatic N) is 2. The van der Waals surface area contributed by atoms with Crippen molar-refractivity contribution in [1.82, 2.24) is 0 Å². The number of benzene rings is 10. The van der Waals surface area contributed by atoms with Gasteiger partial charge in [-0.15, -0.1) is 11.3 Å². The van der Waals surface area contributed by atoms with Crippen LogP contribution in [0, 0.1) is 27.7 Å². The predicted molar refractivity (Wildman–Crippen MR) is 305 cm³/mol. The van der Waals surface area contributed by atoms with Crippen LogP contribution in [0.4, 0.5) is 34.1 Å². The third kappa shape index (κ3) is 9.24. The monoisotopic (exact) mass is 930 g/mol. The van der Waals surface area contributed by atoms with E-state index >= 15 is 0 Å². The summed E-state index contributed by atoms with van der Waals surface area (Å²) in [4.78, 5) is 7.38. The lowest BCUT2D eigenvalue weighted by Gasteiger charge is -2.27. The standard InChI is InChI=1S/C68H54N2S/c1-47-45-63(69(59-33-25-55(26-34-59)51-17-9-5-10-18-51)60-35-27-56(28-36-60)52-19-11-6-12-20-52)41-43-65(47)67-49(3)50(4)68(71-67)66-44-42-64(46-48(66)2)70(61-37-29-57(30-38-61)53-21-13-7-14-22-53)62-39-31-58(32-40-62)54-23-15-8-16-24-54/h5-46H,1-4H3. The zero-order chi connectivity index (χ0) is 48.3. The van der Waals surface area contributed by atoms with Crippen molar-refractivity contribution in [1.29, 1.82) is 0 Å². The fraction of sp³-hybridized carbons (Fsp3) is 0.0588. The number of thiophene rings is 1. The molecular weight excluding hydrogens is 877 g/mol. The van der Waals surface area contributed by atoms with Gasteiger partial charge in [0, 0.05) is 43.9 Å². The van der Waals surface area contributed by atoms with Crippen LogP contribution in [0.5, 0.6) is 0 Å². The molecule has 0 aliphatic carbocycles. The average molecular weight is 931 g/mol. The van der Waals surface area contributed by atoms with Gasteiger partial charge < -0.3 is 9.80 Å². The van der Waals surface area contributed by atoms with Gasteiger partial charge in [-0.2, -0.15) is 0 Å². The number of hydrogen-bond donors (Lipinski definition) is 0. The molecule has 0 bridgehead atoms. The molecule has 0 saturated carbocycles. The van der Waals surface area contributed by atoms with Crippen LogP contribution in [0.1, 0.15) is 22.3 Å². The Kier molecular flexibility index (Phi) is 12.6. The van der Waals surface area contributed by atoms with Gasteiger partial charge in [0.2, 0.25) is 0 Å². The van der Waals surface area contributed by atoms with Crippen LogP contribution in [0.2, 0.25) is 0 Å². The first-order chi connectivity index (χ1) is 34.9. The molecule has 3 heteroatoms. The minimum atomic E-state index is 1.11. The Morgan fingerprint density at radius 2 is 0.465 bits per heavy atom. The zero-order valence-corrected chi connectivity index (χ0v) is 41.4. The highest BCUT2D eigenvalue weighted by atomic mass is 32.1. The van der Waals surface area contributed by atoms with E-state index in [-0.39, 0.29) is 0 Å². The molecule has 1 heterocycles. The van der Waals surface area contributed by atoms with Crippen LogP contribution in [0.3, 0.4) is 0 Å². The van der Waals surface area contributed by atoms with Gasteiger partial charge >= 0.3 is 0 Å². The lowest BCUT2D eigenvalue weighted by atomic mass is 9.98. The van der Waals surface area contributed by atoms with Crippen LogP contribution < -0.4 is 9.80 Å². The first-order valence-corrected chi connectivity index (χ1v) is 25.2. The van der Waals surface area contributed by atoms with Crippen LogP contribution in [0.15, 0.2) is 255 Å². The van der Waals surface area contributed by atoms with Gasteiger partial charge in [0.25, 0.3) is 0 Å². The normalized spacial score (nSPS) is 11.1. The minimum absolute atomic E-state index is 1.11. The molecule has 0 amide bonds. The summed E-state index contributed by atoms with van der Waals surface area (Å²) in [6, 6.07) is 92.1. The van der Waals surface area contributed by atoms with Crippen molar-refractivity contribution in [3.05, 3.63) is 277 Å². The van der Waals surface area contributed by atoms with Crippen molar-refractivity contribution in [3.8, 4) is 65.4 Å². The van der Waals surface area contributed by atoms with E-state index in [1.165, 1.54) is 87.6 Å². The molecule has 71 heavy (non-hydrogen) atoms. The molecule has 10 aromatic carbocycles. The summed E-state index contributed by atoms with van der Waals surface area (Å²) < 4.78 is 0. The second-order valence-corrected chi connectivity index (χ2v) is 19.4. The molecule has 0 saturated heterocycles. The van der Waals surface area contributed by atoms with E-state index in [0.29, 0.717) is 0 Å². The Hall–Kier alpha value is -8.50. The second kappa shape index (κ2) is 19.8. The van der Waals surface area contributed by atoms with Crippen molar-refractivity contribution in [3.63, 3.8) is 0 Å². The molecule has 11 rings (SSSR count). The third-order valence-electron chi connectivity index (χ3n) is 13.8. The number of aryl methyl sites for hydroxylation is 2. The molecular formula is C68H54N2S. The van der Waals surface area contributed by atoms with Gasteiger partial charge in [0.05, 0.1) is 0 Å². The molecule has 0 atom stereocenters. The first-order valence-electron chi connectivity index (χ1n) is 24.4. The van der Waals surface area contributed by atoms with Gasteiger partial charge in [-0.25, -0.2) is 0 Å². The smallest absolute Gasteiger partial charge is 0.0464 e. The Morgan fingerprint density at radius 1 is 0.239 bits per heavy atom. The zero-order valence-electron chi connectivity index (χ0n) is 40.6. The van der Waals surface area contributed by atoms with E-state index in [4.69, 9.17) is 0 Å². The Morgan fingerprint density at radius 3 is 0.704 bits per heavy atom. The molecule has 11 aromatic rings. The molecule has 1 aromatic heterocycles. The van der Waals surface area contributed by atoms with Crippen molar-refractivity contribution in [2.24, 2.45) is 0 Å². The van der Waals surface area contributed by atoms with Crippen LogP contribution >= 0.6 is 11.3 Å². The fourth-order valence-corrected chi connectivity index (χ4v) is 11.3. The van der Waals surface area contributed by atoms with Crippen molar-refractivity contribution < 1.29 is 0 Å². The highest BCUT2D eigenvalue weighted by Crippen LogP contribution is 2.47. The van der Waals surface area contributed by atoms with E-state index in [1.807, 2.05) is 11.3 Å². The van der Waals surface area contributed by atoms with E-state index in [0.717, 1.165) is 34.1 Å². The summed E-state index contributed by atoms with van der Waals surface area (Å²) in [5, 5.41) is 0. The van der Waals surface area contributed by atoms with E-state index in [1.54, 1.807) is 0 Å². The molecule has 2 nitrogen and oxygen atoms in total. The lowest BCUT2D eigenvalue weighted by Crippen LogP contribution is -2.10. The van der Waals surface area contributed by atoms with Crippen LogP contribution in [0.25, 0.3) is 65.4 Å². The Balaban J connectivity index is 0.925. The van der Waals surface area contributed by atoms with Crippen LogP contribution in [-0.4, -0.2) is 0 Å². The van der Waals surface area contributed by atoms with Gasteiger partial charge in [-0.1, -0.05) is 182 Å². The summed E-state index contributed by atoms with van der Waals surface area (Å²) >= 11 is 1.91. The average Bonchev–Trinajstić information content (AvgIpc) is 3.72. The molecule has 0 spiro atoms. The van der Waals surface area contributed by atoms with Gasteiger partial charge in [0.1, 0.15) is 0 Å². The van der Waals surface area contributed by atoms with E-state index < -0.39 is 0 Å². The Labute approximate surface area is 423 Å². The molecule has 0 unspecified atom stereocenters. The summed E-state index contributed by atoms with van der Waals surface area (Å²) in [7, 11) is 0. The summed E-state index contributed by atoms with van der Waals surface area (Å²) in [5.74, 6) is 0. The minimum Gasteiger partial charge on any atom is -0.310 e. The molecule has 0 aliphatic rings. The number of anilines is 6. The first kappa shape index (κ1) is 45.0. The lowest BCUT2D eigenvalue weighted by molar-refractivity contribution is 1.27. The van der Waals surface area contributed by atoms with Gasteiger partial charge in [-0.05, 0) is 178 Å². The molecule has 0 aliphatic heterocycles. The largest absolute Gasteiger partial charge is 0.310 e. The molecule has 0 N–H and O–H groups in total. The Bertz CT molecular complexity index is 3160. The number of rotatable bonds is 12. The maximum Gasteiger partial charge on any atom is 0.0464 e. The summed E-state index contributed by atoms with van der Waals surface area (Å²) in [6.45, 7) is 9.10. The highest BCUT2D eigenvalue weighted by molar-refractivity contribution is 7.19. The fourth-order valence-electron chi connectivity index (χ4n) is 9.82. The molecule has 342 valence electrons. The third-order valence-corrected chi connectivity index (χ3v) is 15.3. The van der Waals surface area contributed by atoms with Crippen molar-refractivity contribution in [2.75, 3.05) is 9.80 Å². The molecule has 0 radical (unpaired) electrons. The maximum atomic E-state index is 2.38. The summed E-state index contributed by atoms with van der Waals surface area (Å²) in [5.41, 5.74) is 24.0. The maximum absolute atomic E-state index is 2.38. The predicted octanol–water partition coefficient (Wildman–Crippen LogP) is 19.9. The number of hydrogen-bond acceptors (Lipinski definition) is 3. The SMILES string of the molecule is Cc1cc(N(c2ccc(-c3ccccc3)cc2)c2ccc(-c3ccccc3)cc2)ccc1-c1sc(-c2ccc(N(c3ccc(-c4ccccc4)cc3)c3ccc(-c4ccccc4)cc3)cc2C)c(C)c1C. The second-order valence-electron chi connectivity index (χ2n) is 18.3. The highest BCUT2D eigenvalue weighted by Gasteiger charge is 2.21. The van der Waals surface area contributed by atoms with Crippen molar-refractivity contribution >= 4 is 45.5 Å². The van der Waals surface area contributed by atoms with Crippen LogP contribution in [-0.2, 0) is 0 Å².